The molecule has 0 saturated carbocycles. The van der Waals surface area contributed by atoms with Gasteiger partial charge in [-0.25, -0.2) is 0 Å². The van der Waals surface area contributed by atoms with Crippen LogP contribution in [0.2, 0.25) is 0 Å². The summed E-state index contributed by atoms with van der Waals surface area (Å²) in [5.74, 6) is 0.288. The fourth-order valence-corrected chi connectivity index (χ4v) is 4.85. The molecular formula is C24H33N3O2. The number of hydrogen-bond acceptors (Lipinski definition) is 4. The van der Waals surface area contributed by atoms with E-state index < -0.39 is 6.10 Å². The zero-order chi connectivity index (χ0) is 20.1. The Kier molecular flexibility index (Phi) is 6.78. The summed E-state index contributed by atoms with van der Waals surface area (Å²) < 4.78 is 0. The van der Waals surface area contributed by atoms with E-state index in [2.05, 4.69) is 16.0 Å². The first-order valence-electron chi connectivity index (χ1n) is 11.2. The van der Waals surface area contributed by atoms with Crippen molar-refractivity contribution in [2.75, 3.05) is 32.7 Å². The smallest absolute Gasteiger partial charge is 0.222 e. The van der Waals surface area contributed by atoms with Crippen LogP contribution in [-0.2, 0) is 11.2 Å². The number of para-hydroxylation sites is 1. The van der Waals surface area contributed by atoms with Gasteiger partial charge in [0.25, 0.3) is 0 Å². The molecule has 2 unspecified atom stereocenters. The summed E-state index contributed by atoms with van der Waals surface area (Å²) in [7, 11) is 0. The predicted octanol–water partition coefficient (Wildman–Crippen LogP) is 3.25. The van der Waals surface area contributed by atoms with Gasteiger partial charge in [0.05, 0.1) is 11.6 Å². The second-order valence-corrected chi connectivity index (χ2v) is 8.68. The summed E-state index contributed by atoms with van der Waals surface area (Å²) in [5, 5.41) is 11.7. The Labute approximate surface area is 173 Å². The average Bonchev–Trinajstić information content (AvgIpc) is 2.92. The number of fused-ring (bicyclic) bond motifs is 1. The van der Waals surface area contributed by atoms with Crippen LogP contribution in [0.3, 0.4) is 0 Å². The van der Waals surface area contributed by atoms with E-state index in [0.717, 1.165) is 30.3 Å². The number of likely N-dealkylation sites (tertiary alicyclic amines) is 2. The first-order chi connectivity index (χ1) is 14.2. The predicted molar refractivity (Wildman–Crippen MR) is 116 cm³/mol. The highest BCUT2D eigenvalue weighted by molar-refractivity contribution is 5.82. The molecule has 5 nitrogen and oxygen atoms in total. The number of carbonyl (C=O) groups excluding carboxylic acids is 1. The summed E-state index contributed by atoms with van der Waals surface area (Å²) in [5.41, 5.74) is 2.19. The van der Waals surface area contributed by atoms with Crippen molar-refractivity contribution in [2.45, 2.75) is 51.0 Å². The number of aromatic nitrogens is 1. The van der Waals surface area contributed by atoms with Gasteiger partial charge in [-0.3, -0.25) is 9.78 Å². The molecule has 1 amide bonds. The van der Waals surface area contributed by atoms with E-state index in [1.54, 1.807) is 0 Å². The number of rotatable bonds is 6. The van der Waals surface area contributed by atoms with Crippen molar-refractivity contribution in [1.82, 2.24) is 14.8 Å². The van der Waals surface area contributed by atoms with Crippen molar-refractivity contribution in [3.63, 3.8) is 0 Å². The van der Waals surface area contributed by atoms with Crippen molar-refractivity contribution >= 4 is 16.8 Å². The highest BCUT2D eigenvalue weighted by Crippen LogP contribution is 2.26. The second kappa shape index (κ2) is 9.68. The normalized spacial score (nSPS) is 23.4. The van der Waals surface area contributed by atoms with Crippen LogP contribution in [0, 0.1) is 5.92 Å². The molecule has 2 fully saturated rings. The van der Waals surface area contributed by atoms with E-state index in [-0.39, 0.29) is 11.8 Å². The van der Waals surface area contributed by atoms with Crippen molar-refractivity contribution in [1.29, 1.82) is 0 Å². The number of aliphatic hydroxyl groups excluding tert-OH is 1. The number of nitrogens with zero attached hydrogens (tertiary/aromatic N) is 3. The van der Waals surface area contributed by atoms with Gasteiger partial charge in [-0.1, -0.05) is 31.0 Å². The summed E-state index contributed by atoms with van der Waals surface area (Å²) in [6.07, 6.45) is 8.95. The minimum absolute atomic E-state index is 0.0929. The van der Waals surface area contributed by atoms with Crippen LogP contribution in [0.25, 0.3) is 10.9 Å². The van der Waals surface area contributed by atoms with E-state index >= 15 is 0 Å². The molecule has 0 radical (unpaired) electrons. The second-order valence-electron chi connectivity index (χ2n) is 8.68. The Bertz CT molecular complexity index is 811. The number of β-amino-alcohol motifs (C(OH)–C–C–N with tert-alkyl or cyclic N) is 1. The molecule has 0 aliphatic carbocycles. The first-order valence-corrected chi connectivity index (χ1v) is 11.2. The van der Waals surface area contributed by atoms with Crippen molar-refractivity contribution in [2.24, 2.45) is 5.92 Å². The fourth-order valence-electron chi connectivity index (χ4n) is 4.85. The molecule has 2 aliphatic heterocycles. The highest BCUT2D eigenvalue weighted by Gasteiger charge is 2.34. The van der Waals surface area contributed by atoms with Crippen molar-refractivity contribution < 1.29 is 9.90 Å². The Balaban J connectivity index is 1.29. The van der Waals surface area contributed by atoms with Gasteiger partial charge in [0.1, 0.15) is 0 Å². The molecule has 0 bridgehead atoms. The maximum atomic E-state index is 12.7. The van der Waals surface area contributed by atoms with Gasteiger partial charge in [-0.2, -0.15) is 0 Å². The van der Waals surface area contributed by atoms with Crippen LogP contribution in [0.5, 0.6) is 0 Å². The number of pyridine rings is 1. The third-order valence-electron chi connectivity index (χ3n) is 6.54. The van der Waals surface area contributed by atoms with E-state index in [9.17, 15) is 9.90 Å². The van der Waals surface area contributed by atoms with E-state index in [0.29, 0.717) is 19.5 Å². The van der Waals surface area contributed by atoms with Crippen LogP contribution < -0.4 is 0 Å². The van der Waals surface area contributed by atoms with Crippen LogP contribution in [-0.4, -0.2) is 64.6 Å². The molecule has 2 atom stereocenters. The lowest BCUT2D eigenvalue weighted by atomic mass is 9.94. The van der Waals surface area contributed by atoms with Gasteiger partial charge in [0.15, 0.2) is 0 Å². The molecule has 29 heavy (non-hydrogen) atoms. The summed E-state index contributed by atoms with van der Waals surface area (Å²) in [6, 6.07) is 10.2. The lowest BCUT2D eigenvalue weighted by molar-refractivity contribution is -0.130. The fraction of sp³-hybridized carbons (Fsp3) is 0.583. The van der Waals surface area contributed by atoms with E-state index in [1.807, 2.05) is 35.4 Å². The van der Waals surface area contributed by atoms with Gasteiger partial charge in [-0.15, -0.1) is 0 Å². The Morgan fingerprint density at radius 3 is 2.69 bits per heavy atom. The SMILES string of the molecule is O=C(CCCN1CCCCCC1)N1CC(O)C(Cc2ccnc3ccccc23)C1. The number of aliphatic hydroxyl groups is 1. The van der Waals surface area contributed by atoms with Gasteiger partial charge in [0.2, 0.25) is 5.91 Å². The number of amides is 1. The minimum atomic E-state index is -0.448. The molecule has 3 heterocycles. The third-order valence-corrected chi connectivity index (χ3v) is 6.54. The molecule has 1 aromatic heterocycles. The minimum Gasteiger partial charge on any atom is -0.391 e. The Hall–Kier alpha value is -1.98. The maximum absolute atomic E-state index is 12.7. The molecule has 2 aromatic rings. The molecule has 4 rings (SSSR count). The molecule has 2 aliphatic rings. The summed E-state index contributed by atoms with van der Waals surface area (Å²) in [6.45, 7) is 4.50. The third kappa shape index (κ3) is 5.14. The van der Waals surface area contributed by atoms with Gasteiger partial charge < -0.3 is 14.9 Å². The van der Waals surface area contributed by atoms with Crippen LogP contribution >= 0.6 is 0 Å². The van der Waals surface area contributed by atoms with Crippen LogP contribution in [0.15, 0.2) is 36.5 Å². The summed E-state index contributed by atoms with van der Waals surface area (Å²) in [4.78, 5) is 21.5. The molecule has 2 saturated heterocycles. The van der Waals surface area contributed by atoms with Crippen LogP contribution in [0.4, 0.5) is 0 Å². The number of benzene rings is 1. The molecule has 1 aromatic carbocycles. The maximum Gasteiger partial charge on any atom is 0.222 e. The molecule has 0 spiro atoms. The quantitative estimate of drug-likeness (QED) is 0.816. The molecule has 156 valence electrons. The lowest BCUT2D eigenvalue weighted by Crippen LogP contribution is -2.31. The lowest BCUT2D eigenvalue weighted by Gasteiger charge is -2.21. The van der Waals surface area contributed by atoms with E-state index in [1.165, 1.54) is 44.3 Å². The summed E-state index contributed by atoms with van der Waals surface area (Å²) >= 11 is 0. The monoisotopic (exact) mass is 395 g/mol. The van der Waals surface area contributed by atoms with Crippen LogP contribution in [0.1, 0.15) is 44.1 Å². The molecular weight excluding hydrogens is 362 g/mol. The molecule has 5 heteroatoms. The average molecular weight is 396 g/mol. The van der Waals surface area contributed by atoms with Gasteiger partial charge in [0, 0.05) is 37.0 Å². The zero-order valence-corrected chi connectivity index (χ0v) is 17.3. The highest BCUT2D eigenvalue weighted by atomic mass is 16.3. The Morgan fingerprint density at radius 2 is 1.86 bits per heavy atom. The largest absolute Gasteiger partial charge is 0.391 e. The number of hydrogen-bond donors (Lipinski definition) is 1. The number of carbonyl (C=O) groups is 1. The van der Waals surface area contributed by atoms with E-state index in [4.69, 9.17) is 0 Å². The van der Waals surface area contributed by atoms with Gasteiger partial charge in [-0.05, 0) is 63.0 Å². The topological polar surface area (TPSA) is 56.7 Å². The Morgan fingerprint density at radius 1 is 1.07 bits per heavy atom. The van der Waals surface area contributed by atoms with Crippen molar-refractivity contribution in [3.05, 3.63) is 42.1 Å². The zero-order valence-electron chi connectivity index (χ0n) is 17.3. The van der Waals surface area contributed by atoms with Crippen molar-refractivity contribution in [3.8, 4) is 0 Å². The first kappa shape index (κ1) is 20.3. The molecule has 1 N–H and O–H groups in total. The standard InChI is InChI=1S/C24H33N3O2/c28-23-18-27(24(29)10-7-15-26-13-5-1-2-6-14-26)17-20(23)16-19-11-12-25-22-9-4-3-8-21(19)22/h3-4,8-9,11-12,20,23,28H,1-2,5-7,10,13-18H2. The van der Waals surface area contributed by atoms with Gasteiger partial charge >= 0.3 is 0 Å².